The van der Waals surface area contributed by atoms with Gasteiger partial charge in [-0.05, 0) is 6.92 Å². The molecule has 0 saturated heterocycles. The van der Waals surface area contributed by atoms with Crippen molar-refractivity contribution in [1.82, 2.24) is 9.97 Å². The van der Waals surface area contributed by atoms with Crippen molar-refractivity contribution in [1.29, 1.82) is 0 Å². The Morgan fingerprint density at radius 2 is 2.00 bits per heavy atom. The largest absolute Gasteiger partial charge is 0.480 e. The predicted octanol–water partition coefficient (Wildman–Crippen LogP) is 1.28. The average molecular weight is 231 g/mol. The van der Waals surface area contributed by atoms with Crippen molar-refractivity contribution in [3.05, 3.63) is 10.7 Å². The Bertz CT molecular complexity index is 382. The summed E-state index contributed by atoms with van der Waals surface area (Å²) >= 11 is 5.92. The zero-order valence-corrected chi connectivity index (χ0v) is 9.46. The van der Waals surface area contributed by atoms with E-state index in [1.54, 1.807) is 0 Å². The minimum Gasteiger partial charge on any atom is -0.480 e. The molecule has 0 aliphatic rings. The molecule has 0 N–H and O–H groups in total. The number of carbonyl (C=O) groups excluding carboxylic acids is 1. The van der Waals surface area contributed by atoms with Crippen LogP contribution >= 0.6 is 11.6 Å². The van der Waals surface area contributed by atoms with Crippen LogP contribution in [0.2, 0.25) is 5.02 Å². The third-order valence-corrected chi connectivity index (χ3v) is 2.04. The van der Waals surface area contributed by atoms with Crippen LogP contribution in [0, 0.1) is 0 Å². The number of ether oxygens (including phenoxy) is 2. The first-order valence-electron chi connectivity index (χ1n) is 4.22. The lowest BCUT2D eigenvalue weighted by atomic mass is 10.2. The van der Waals surface area contributed by atoms with Gasteiger partial charge in [0.25, 0.3) is 0 Å². The summed E-state index contributed by atoms with van der Waals surface area (Å²) in [6, 6.07) is 0.132. The summed E-state index contributed by atoms with van der Waals surface area (Å²) in [7, 11) is 2.87. The molecule has 0 fully saturated rings. The van der Waals surface area contributed by atoms with Crippen LogP contribution in [0.3, 0.4) is 0 Å². The van der Waals surface area contributed by atoms with E-state index in [0.29, 0.717) is 5.69 Å². The van der Waals surface area contributed by atoms with E-state index in [0.717, 1.165) is 0 Å². The van der Waals surface area contributed by atoms with Crippen molar-refractivity contribution < 1.29 is 14.3 Å². The van der Waals surface area contributed by atoms with Crippen LogP contribution in [-0.4, -0.2) is 30.0 Å². The minimum absolute atomic E-state index is 0.0419. The van der Waals surface area contributed by atoms with Gasteiger partial charge in [0.15, 0.2) is 0 Å². The van der Waals surface area contributed by atoms with Crippen LogP contribution in [0.25, 0.3) is 0 Å². The smallest absolute Gasteiger partial charge is 0.319 e. The Balaban J connectivity index is 3.17. The molecule has 0 unspecified atom stereocenters. The molecule has 0 amide bonds. The summed E-state index contributed by atoms with van der Waals surface area (Å²) in [6.45, 7) is 1.46. The van der Waals surface area contributed by atoms with Gasteiger partial charge in [-0.1, -0.05) is 11.6 Å². The Labute approximate surface area is 92.4 Å². The second-order valence-corrected chi connectivity index (χ2v) is 3.24. The van der Waals surface area contributed by atoms with Gasteiger partial charge in [0, 0.05) is 0 Å². The third kappa shape index (κ3) is 2.79. The highest BCUT2D eigenvalue weighted by atomic mass is 35.5. The van der Waals surface area contributed by atoms with Crippen LogP contribution in [0.4, 0.5) is 0 Å². The Morgan fingerprint density at radius 1 is 1.33 bits per heavy atom. The van der Waals surface area contributed by atoms with Crippen LogP contribution in [-0.2, 0) is 11.2 Å². The lowest BCUT2D eigenvalue weighted by molar-refractivity contribution is -0.116. The predicted molar refractivity (Wildman–Crippen MR) is 54.5 cm³/mol. The molecule has 82 valence electrons. The second kappa shape index (κ2) is 4.93. The average Bonchev–Trinajstić information content (AvgIpc) is 2.20. The summed E-state index contributed by atoms with van der Waals surface area (Å²) in [5, 5.41) is 0.244. The van der Waals surface area contributed by atoms with E-state index in [1.807, 2.05) is 0 Å². The van der Waals surface area contributed by atoms with Gasteiger partial charge in [0.2, 0.25) is 5.88 Å². The molecule has 0 spiro atoms. The second-order valence-electron chi connectivity index (χ2n) is 2.86. The van der Waals surface area contributed by atoms with E-state index in [2.05, 4.69) is 9.97 Å². The molecule has 0 radical (unpaired) electrons. The SMILES string of the molecule is COc1nc(CC(C)=O)c(Cl)c(OC)n1. The molecule has 0 atom stereocenters. The third-order valence-electron chi connectivity index (χ3n) is 1.66. The zero-order valence-electron chi connectivity index (χ0n) is 8.70. The number of methoxy groups -OCH3 is 2. The van der Waals surface area contributed by atoms with Gasteiger partial charge in [-0.15, -0.1) is 0 Å². The highest BCUT2D eigenvalue weighted by molar-refractivity contribution is 6.32. The number of nitrogens with zero attached hydrogens (tertiary/aromatic N) is 2. The van der Waals surface area contributed by atoms with E-state index < -0.39 is 0 Å². The highest BCUT2D eigenvalue weighted by Gasteiger charge is 2.14. The van der Waals surface area contributed by atoms with E-state index >= 15 is 0 Å². The van der Waals surface area contributed by atoms with Gasteiger partial charge < -0.3 is 9.47 Å². The maximum atomic E-state index is 11.0. The normalized spacial score (nSPS) is 9.87. The fourth-order valence-corrected chi connectivity index (χ4v) is 1.26. The van der Waals surface area contributed by atoms with E-state index in [1.165, 1.54) is 21.1 Å². The molecule has 1 aromatic heterocycles. The van der Waals surface area contributed by atoms with Crippen LogP contribution < -0.4 is 9.47 Å². The molecule has 6 heteroatoms. The van der Waals surface area contributed by atoms with Gasteiger partial charge in [0.05, 0.1) is 26.3 Å². The standard InChI is InChI=1S/C9H11ClN2O3/c1-5(13)4-6-7(10)8(14-2)12-9(11-6)15-3/h4H2,1-3H3. The topological polar surface area (TPSA) is 61.3 Å². The molecule has 1 heterocycles. The minimum atomic E-state index is -0.0419. The molecule has 0 aromatic carbocycles. The highest BCUT2D eigenvalue weighted by Crippen LogP contribution is 2.27. The van der Waals surface area contributed by atoms with Crippen molar-refractivity contribution in [2.45, 2.75) is 13.3 Å². The number of hydrogen-bond donors (Lipinski definition) is 0. The van der Waals surface area contributed by atoms with Crippen molar-refractivity contribution >= 4 is 17.4 Å². The summed E-state index contributed by atoms with van der Waals surface area (Å²) < 4.78 is 9.80. The van der Waals surface area contributed by atoms with Gasteiger partial charge in [-0.25, -0.2) is 0 Å². The zero-order chi connectivity index (χ0) is 11.4. The first kappa shape index (κ1) is 11.7. The van der Waals surface area contributed by atoms with Crippen LogP contribution in [0.15, 0.2) is 0 Å². The van der Waals surface area contributed by atoms with Gasteiger partial charge >= 0.3 is 6.01 Å². The summed E-state index contributed by atoms with van der Waals surface area (Å²) in [5.74, 6) is 0.166. The quantitative estimate of drug-likeness (QED) is 0.780. The van der Waals surface area contributed by atoms with E-state index in [4.69, 9.17) is 21.1 Å². The van der Waals surface area contributed by atoms with E-state index in [9.17, 15) is 4.79 Å². The molecule has 15 heavy (non-hydrogen) atoms. The molecule has 0 aliphatic heterocycles. The number of carbonyl (C=O) groups is 1. The fraction of sp³-hybridized carbons (Fsp3) is 0.444. The number of ketones is 1. The van der Waals surface area contributed by atoms with Crippen molar-refractivity contribution in [2.75, 3.05) is 14.2 Å². The summed E-state index contributed by atoms with van der Waals surface area (Å²) in [4.78, 5) is 18.8. The van der Waals surface area contributed by atoms with Crippen molar-refractivity contribution in [3.63, 3.8) is 0 Å². The number of halogens is 1. The lowest BCUT2D eigenvalue weighted by Crippen LogP contribution is -2.05. The Morgan fingerprint density at radius 3 is 2.47 bits per heavy atom. The Hall–Kier alpha value is -1.36. The fourth-order valence-electron chi connectivity index (χ4n) is 1.03. The molecule has 1 aromatic rings. The summed E-state index contributed by atoms with van der Waals surface area (Å²) in [6.07, 6.45) is 0.133. The number of rotatable bonds is 4. The lowest BCUT2D eigenvalue weighted by Gasteiger charge is -2.07. The molecule has 1 rings (SSSR count). The number of aromatic nitrogens is 2. The van der Waals surface area contributed by atoms with Crippen molar-refractivity contribution in [3.8, 4) is 11.9 Å². The molecular formula is C9H11ClN2O3. The van der Waals surface area contributed by atoms with Crippen LogP contribution in [0.1, 0.15) is 12.6 Å². The maximum Gasteiger partial charge on any atom is 0.319 e. The van der Waals surface area contributed by atoms with Gasteiger partial charge in [-0.3, -0.25) is 4.79 Å². The first-order chi connectivity index (χ1) is 7.08. The van der Waals surface area contributed by atoms with Gasteiger partial charge in [0.1, 0.15) is 10.8 Å². The molecule has 0 saturated carbocycles. The van der Waals surface area contributed by atoms with Crippen molar-refractivity contribution in [2.24, 2.45) is 0 Å². The molecule has 0 bridgehead atoms. The molecule has 5 nitrogen and oxygen atoms in total. The molecular weight excluding hydrogens is 220 g/mol. The molecule has 0 aliphatic carbocycles. The van der Waals surface area contributed by atoms with Crippen LogP contribution in [0.5, 0.6) is 11.9 Å². The number of Topliss-reactive ketones (excluding diaryl/α,β-unsaturated/α-hetero) is 1. The summed E-state index contributed by atoms with van der Waals surface area (Å²) in [5.41, 5.74) is 0.410. The van der Waals surface area contributed by atoms with Gasteiger partial charge in [-0.2, -0.15) is 9.97 Å². The monoisotopic (exact) mass is 230 g/mol. The first-order valence-corrected chi connectivity index (χ1v) is 4.60. The maximum absolute atomic E-state index is 11.0. The number of hydrogen-bond acceptors (Lipinski definition) is 5. The Kier molecular flexibility index (Phi) is 3.85. The van der Waals surface area contributed by atoms with E-state index in [-0.39, 0.29) is 29.1 Å².